The molecule has 1 aromatic heterocycles. The summed E-state index contributed by atoms with van der Waals surface area (Å²) in [5.41, 5.74) is 1.74. The Hall–Kier alpha value is -2.34. The van der Waals surface area contributed by atoms with E-state index >= 15 is 0 Å². The highest BCUT2D eigenvalue weighted by molar-refractivity contribution is 6.31. The van der Waals surface area contributed by atoms with Gasteiger partial charge in [-0.25, -0.2) is 0 Å². The summed E-state index contributed by atoms with van der Waals surface area (Å²) in [5.74, 6) is 0.0778. The Bertz CT molecular complexity index is 920. The Kier molecular flexibility index (Phi) is 5.43. The molecule has 0 spiro atoms. The van der Waals surface area contributed by atoms with Crippen molar-refractivity contribution in [3.8, 4) is 0 Å². The minimum atomic E-state index is -0.219. The van der Waals surface area contributed by atoms with E-state index in [9.17, 15) is 4.79 Å². The molecule has 2 heterocycles. The van der Waals surface area contributed by atoms with Crippen LogP contribution in [0.15, 0.2) is 59.0 Å². The average molecular weight is 386 g/mol. The summed E-state index contributed by atoms with van der Waals surface area (Å²) >= 11 is 6.03. The number of hydrogen-bond donors (Lipinski definition) is 2. The van der Waals surface area contributed by atoms with Gasteiger partial charge >= 0.3 is 0 Å². The maximum atomic E-state index is 12.9. The van der Waals surface area contributed by atoms with Crippen LogP contribution in [-0.4, -0.2) is 38.8 Å². The fourth-order valence-corrected chi connectivity index (χ4v) is 3.63. The van der Waals surface area contributed by atoms with Crippen molar-refractivity contribution in [1.29, 1.82) is 0 Å². The fourth-order valence-electron chi connectivity index (χ4n) is 3.45. The van der Waals surface area contributed by atoms with Gasteiger partial charge in [-0.1, -0.05) is 41.9 Å². The lowest BCUT2D eigenvalue weighted by atomic mass is 10.1. The number of hydrogen-bond acceptors (Lipinski definition) is 3. The van der Waals surface area contributed by atoms with Crippen LogP contribution >= 0.6 is 11.6 Å². The van der Waals surface area contributed by atoms with Crippen LogP contribution in [0.3, 0.4) is 0 Å². The Morgan fingerprint density at radius 1 is 1.11 bits per heavy atom. The molecule has 0 bridgehead atoms. The molecule has 0 aliphatic carbocycles. The van der Waals surface area contributed by atoms with Crippen molar-refractivity contribution in [3.63, 3.8) is 0 Å². The Morgan fingerprint density at radius 2 is 1.89 bits per heavy atom. The molecule has 4 rings (SSSR count). The van der Waals surface area contributed by atoms with Crippen LogP contribution in [0.4, 0.5) is 0 Å². The number of ether oxygens (including phenoxy) is 1. The quantitative estimate of drug-likeness (QED) is 0.709. The van der Waals surface area contributed by atoms with E-state index < -0.39 is 0 Å². The lowest BCUT2D eigenvalue weighted by molar-refractivity contribution is -0.909. The first-order valence-electron chi connectivity index (χ1n) is 9.15. The summed E-state index contributed by atoms with van der Waals surface area (Å²) < 4.78 is 11.2. The third-order valence-electron chi connectivity index (χ3n) is 4.90. The zero-order valence-electron chi connectivity index (χ0n) is 14.9. The van der Waals surface area contributed by atoms with Crippen molar-refractivity contribution >= 4 is 28.5 Å². The maximum Gasteiger partial charge on any atom is 0.287 e. The summed E-state index contributed by atoms with van der Waals surface area (Å²) in [5, 5.41) is 4.59. The van der Waals surface area contributed by atoms with E-state index in [2.05, 4.69) is 5.32 Å². The van der Waals surface area contributed by atoms with Crippen LogP contribution in [0.5, 0.6) is 0 Å². The van der Waals surface area contributed by atoms with Crippen molar-refractivity contribution < 1.29 is 18.8 Å². The molecular formula is C21H22ClN2O3+. The van der Waals surface area contributed by atoms with Gasteiger partial charge < -0.3 is 19.4 Å². The number of halogens is 1. The highest BCUT2D eigenvalue weighted by Gasteiger charge is 2.24. The highest BCUT2D eigenvalue weighted by Crippen LogP contribution is 2.23. The molecule has 1 amide bonds. The van der Waals surface area contributed by atoms with Crippen LogP contribution < -0.4 is 10.2 Å². The molecule has 6 heteroatoms. The molecule has 1 aliphatic heterocycles. The van der Waals surface area contributed by atoms with Gasteiger partial charge in [0.15, 0.2) is 5.76 Å². The molecule has 1 atom stereocenters. The molecule has 1 saturated heterocycles. The van der Waals surface area contributed by atoms with Crippen molar-refractivity contribution in [3.05, 3.63) is 70.9 Å². The predicted octanol–water partition coefficient (Wildman–Crippen LogP) is 2.47. The second-order valence-electron chi connectivity index (χ2n) is 6.80. The number of carbonyl (C=O) groups is 1. The number of quaternary nitrogens is 1. The first-order valence-corrected chi connectivity index (χ1v) is 9.53. The zero-order chi connectivity index (χ0) is 18.6. The van der Waals surface area contributed by atoms with E-state index in [1.165, 1.54) is 4.90 Å². The number of furan rings is 1. The van der Waals surface area contributed by atoms with Gasteiger partial charge in [-0.3, -0.25) is 4.79 Å². The normalized spacial score (nSPS) is 16.3. The molecule has 0 radical (unpaired) electrons. The minimum Gasteiger partial charge on any atom is -0.451 e. The second kappa shape index (κ2) is 8.13. The third-order valence-corrected chi connectivity index (χ3v) is 5.14. The number of carbonyl (C=O) groups excluding carboxylic acids is 1. The molecule has 0 saturated carbocycles. The number of rotatable bonds is 5. The first-order chi connectivity index (χ1) is 13.2. The minimum absolute atomic E-state index is 0.0939. The van der Waals surface area contributed by atoms with Crippen LogP contribution in [0, 0.1) is 0 Å². The van der Waals surface area contributed by atoms with Crippen molar-refractivity contribution in [2.24, 2.45) is 0 Å². The molecular weight excluding hydrogens is 364 g/mol. The van der Waals surface area contributed by atoms with Crippen LogP contribution in [0.2, 0.25) is 5.02 Å². The van der Waals surface area contributed by atoms with Crippen molar-refractivity contribution in [2.45, 2.75) is 6.04 Å². The predicted molar refractivity (Wildman–Crippen MR) is 104 cm³/mol. The molecule has 0 unspecified atom stereocenters. The third kappa shape index (κ3) is 4.33. The number of nitrogens with one attached hydrogen (secondary N) is 2. The van der Waals surface area contributed by atoms with E-state index in [1.54, 1.807) is 24.3 Å². The maximum absolute atomic E-state index is 12.9. The summed E-state index contributed by atoms with van der Waals surface area (Å²) in [7, 11) is 0. The van der Waals surface area contributed by atoms with E-state index in [1.807, 2.05) is 30.3 Å². The van der Waals surface area contributed by atoms with E-state index in [0.717, 1.165) is 43.8 Å². The smallest absolute Gasteiger partial charge is 0.287 e. The average Bonchev–Trinajstić information content (AvgIpc) is 3.12. The molecule has 1 fully saturated rings. The lowest BCUT2D eigenvalue weighted by Crippen LogP contribution is -3.14. The Morgan fingerprint density at radius 3 is 2.67 bits per heavy atom. The Labute approximate surface area is 162 Å². The number of amides is 1. The largest absolute Gasteiger partial charge is 0.451 e. The van der Waals surface area contributed by atoms with Crippen molar-refractivity contribution in [1.82, 2.24) is 5.32 Å². The first kappa shape index (κ1) is 18.0. The van der Waals surface area contributed by atoms with Crippen LogP contribution in [0.1, 0.15) is 22.2 Å². The van der Waals surface area contributed by atoms with Crippen LogP contribution in [-0.2, 0) is 4.74 Å². The molecule has 5 nitrogen and oxygen atoms in total. The topological polar surface area (TPSA) is 55.9 Å². The van der Waals surface area contributed by atoms with Gasteiger partial charge in [0.05, 0.1) is 13.2 Å². The second-order valence-corrected chi connectivity index (χ2v) is 7.23. The van der Waals surface area contributed by atoms with E-state index in [-0.39, 0.29) is 11.9 Å². The van der Waals surface area contributed by atoms with Crippen molar-refractivity contribution in [2.75, 3.05) is 32.8 Å². The van der Waals surface area contributed by atoms with Gasteiger partial charge in [0.1, 0.15) is 31.3 Å². The van der Waals surface area contributed by atoms with Gasteiger partial charge in [-0.05, 0) is 29.8 Å². The Balaban J connectivity index is 1.54. The van der Waals surface area contributed by atoms with E-state index in [4.69, 9.17) is 20.8 Å². The highest BCUT2D eigenvalue weighted by atomic mass is 35.5. The monoisotopic (exact) mass is 385 g/mol. The summed E-state index contributed by atoms with van der Waals surface area (Å²) in [6.45, 7) is 4.22. The SMILES string of the molecule is O=C(N[C@H](C[NH+]1CCOCC1)c1ccccc1)c1cc2cc(Cl)ccc2o1. The fraction of sp³-hybridized carbons (Fsp3) is 0.286. The zero-order valence-corrected chi connectivity index (χ0v) is 15.7. The van der Waals surface area contributed by atoms with Gasteiger partial charge in [0, 0.05) is 10.4 Å². The number of morpholine rings is 1. The summed E-state index contributed by atoms with van der Waals surface area (Å²) in [6, 6.07) is 17.0. The van der Waals surface area contributed by atoms with Gasteiger partial charge in [0.25, 0.3) is 5.91 Å². The molecule has 3 aromatic rings. The standard InChI is InChI=1S/C21H21ClN2O3/c22-17-6-7-19-16(12-17)13-20(27-19)21(25)23-18(15-4-2-1-3-5-15)14-24-8-10-26-11-9-24/h1-7,12-13,18H,8-11,14H2,(H,23,25)/p+1/t18-/m1/s1. The molecule has 140 valence electrons. The van der Waals surface area contributed by atoms with Gasteiger partial charge in [-0.2, -0.15) is 0 Å². The van der Waals surface area contributed by atoms with Gasteiger partial charge in [-0.15, -0.1) is 0 Å². The molecule has 27 heavy (non-hydrogen) atoms. The van der Waals surface area contributed by atoms with E-state index in [0.29, 0.717) is 16.4 Å². The number of benzene rings is 2. The molecule has 2 aromatic carbocycles. The van der Waals surface area contributed by atoms with Crippen LogP contribution in [0.25, 0.3) is 11.0 Å². The summed E-state index contributed by atoms with van der Waals surface area (Å²) in [6.07, 6.45) is 0. The molecule has 2 N–H and O–H groups in total. The number of fused-ring (bicyclic) bond motifs is 1. The summed E-state index contributed by atoms with van der Waals surface area (Å²) in [4.78, 5) is 14.3. The molecule has 1 aliphatic rings. The van der Waals surface area contributed by atoms with Gasteiger partial charge in [0.2, 0.25) is 0 Å². The lowest BCUT2D eigenvalue weighted by Gasteiger charge is -2.28.